The van der Waals surface area contributed by atoms with E-state index < -0.39 is 0 Å². The highest BCUT2D eigenvalue weighted by molar-refractivity contribution is 5.80. The van der Waals surface area contributed by atoms with Crippen molar-refractivity contribution in [2.24, 2.45) is 16.7 Å². The second-order valence-electron chi connectivity index (χ2n) is 8.96. The average molecular weight is 356 g/mol. The maximum Gasteiger partial charge on any atom is 0.223 e. The largest absolute Gasteiger partial charge is 0.381 e. The molecular weight excluding hydrogens is 328 g/mol. The molecule has 4 aliphatic rings. The van der Waals surface area contributed by atoms with E-state index in [0.717, 1.165) is 57.8 Å². The van der Waals surface area contributed by atoms with E-state index in [4.69, 9.17) is 4.74 Å². The van der Waals surface area contributed by atoms with E-state index in [-0.39, 0.29) is 17.2 Å². The minimum Gasteiger partial charge on any atom is -0.381 e. The van der Waals surface area contributed by atoms with Gasteiger partial charge >= 0.3 is 0 Å². The van der Waals surface area contributed by atoms with Crippen LogP contribution in [-0.4, -0.2) is 48.2 Å². The summed E-state index contributed by atoms with van der Waals surface area (Å²) in [5, 5.41) is 3.45. The molecule has 6 nitrogen and oxygen atoms in total. The second-order valence-corrected chi connectivity index (χ2v) is 8.96. The molecule has 0 bridgehead atoms. The number of amides is 1. The lowest BCUT2D eigenvalue weighted by atomic mass is 9.59. The number of piperidine rings is 1. The summed E-state index contributed by atoms with van der Waals surface area (Å²) in [4.78, 5) is 23.6. The summed E-state index contributed by atoms with van der Waals surface area (Å²) in [5.41, 5.74) is 0.559. The Kier molecular flexibility index (Phi) is 3.92. The third-order valence-corrected chi connectivity index (χ3v) is 7.40. The zero-order chi connectivity index (χ0) is 17.6. The van der Waals surface area contributed by atoms with Gasteiger partial charge in [0.25, 0.3) is 0 Å². The van der Waals surface area contributed by atoms with Gasteiger partial charge in [-0.1, -0.05) is 6.42 Å². The van der Waals surface area contributed by atoms with Crippen molar-refractivity contribution in [3.8, 4) is 0 Å². The summed E-state index contributed by atoms with van der Waals surface area (Å²) < 4.78 is 5.55. The molecule has 1 aromatic heterocycles. The molecule has 2 aliphatic heterocycles. The lowest BCUT2D eigenvalue weighted by molar-refractivity contribution is -0.135. The zero-order valence-corrected chi connectivity index (χ0v) is 15.3. The molecule has 0 radical (unpaired) electrons. The molecule has 1 N–H and O–H groups in total. The van der Waals surface area contributed by atoms with Crippen molar-refractivity contribution in [2.75, 3.05) is 31.2 Å². The Morgan fingerprint density at radius 1 is 1.31 bits per heavy atom. The molecule has 1 amide bonds. The SMILES string of the molecule is O=C(NC1CCN(c2ccncn2)CC12CCC2)C1CC2(CCOC2)C1. The van der Waals surface area contributed by atoms with Gasteiger partial charge in [-0.2, -0.15) is 0 Å². The Labute approximate surface area is 154 Å². The smallest absolute Gasteiger partial charge is 0.223 e. The van der Waals surface area contributed by atoms with Crippen molar-refractivity contribution < 1.29 is 9.53 Å². The predicted octanol–water partition coefficient (Wildman–Crippen LogP) is 2.16. The van der Waals surface area contributed by atoms with Crippen LogP contribution in [0.2, 0.25) is 0 Å². The number of hydrogen-bond acceptors (Lipinski definition) is 5. The van der Waals surface area contributed by atoms with Crippen LogP contribution in [0.1, 0.15) is 44.9 Å². The van der Waals surface area contributed by atoms with Crippen molar-refractivity contribution in [3.63, 3.8) is 0 Å². The lowest BCUT2D eigenvalue weighted by Crippen LogP contribution is -2.62. The molecule has 140 valence electrons. The molecule has 2 aliphatic carbocycles. The van der Waals surface area contributed by atoms with E-state index in [0.29, 0.717) is 11.5 Å². The van der Waals surface area contributed by atoms with Gasteiger partial charge in [-0.25, -0.2) is 9.97 Å². The molecule has 0 aromatic carbocycles. The lowest BCUT2D eigenvalue weighted by Gasteiger charge is -2.54. The monoisotopic (exact) mass is 356 g/mol. The molecule has 2 saturated heterocycles. The van der Waals surface area contributed by atoms with Crippen LogP contribution < -0.4 is 10.2 Å². The Morgan fingerprint density at radius 2 is 2.19 bits per heavy atom. The standard InChI is InChI=1S/C20H28N4O2/c25-18(15-10-19(11-15)6-9-26-13-19)23-16-3-8-24(12-20(16)4-1-5-20)17-2-7-21-14-22-17/h2,7,14-16H,1,3-6,8-13H2,(H,23,25). The Morgan fingerprint density at radius 3 is 2.85 bits per heavy atom. The minimum atomic E-state index is 0.203. The van der Waals surface area contributed by atoms with Crippen LogP contribution in [-0.2, 0) is 9.53 Å². The molecule has 3 heterocycles. The van der Waals surface area contributed by atoms with E-state index in [9.17, 15) is 4.79 Å². The fourth-order valence-corrected chi connectivity index (χ4v) is 5.62. The van der Waals surface area contributed by atoms with E-state index in [1.165, 1.54) is 19.3 Å². The van der Waals surface area contributed by atoms with E-state index in [2.05, 4.69) is 20.2 Å². The number of ether oxygens (including phenoxy) is 1. The van der Waals surface area contributed by atoms with Crippen molar-refractivity contribution in [1.29, 1.82) is 0 Å². The number of anilines is 1. The minimum absolute atomic E-state index is 0.203. The normalized spacial score (nSPS) is 35.2. The molecule has 5 rings (SSSR count). The molecule has 1 aromatic rings. The van der Waals surface area contributed by atoms with Gasteiger partial charge in [-0.15, -0.1) is 0 Å². The summed E-state index contributed by atoms with van der Waals surface area (Å²) in [5.74, 6) is 1.50. The molecule has 6 heteroatoms. The highest BCUT2D eigenvalue weighted by Crippen LogP contribution is 2.52. The molecule has 1 atom stereocenters. The number of carbonyl (C=O) groups is 1. The number of nitrogens with one attached hydrogen (secondary N) is 1. The first-order valence-electron chi connectivity index (χ1n) is 10.1. The van der Waals surface area contributed by atoms with Crippen LogP contribution in [0.4, 0.5) is 5.82 Å². The number of nitrogens with zero attached hydrogens (tertiary/aromatic N) is 3. The Bertz CT molecular complexity index is 662. The Hall–Kier alpha value is -1.69. The topological polar surface area (TPSA) is 67.4 Å². The molecule has 4 fully saturated rings. The van der Waals surface area contributed by atoms with Crippen LogP contribution in [0.3, 0.4) is 0 Å². The summed E-state index contributed by atoms with van der Waals surface area (Å²) in [7, 11) is 0. The molecule has 2 saturated carbocycles. The van der Waals surface area contributed by atoms with E-state index in [1.807, 2.05) is 12.3 Å². The van der Waals surface area contributed by atoms with Crippen molar-refractivity contribution in [3.05, 3.63) is 18.6 Å². The van der Waals surface area contributed by atoms with E-state index >= 15 is 0 Å². The fraction of sp³-hybridized carbons (Fsp3) is 0.750. The summed E-state index contributed by atoms with van der Waals surface area (Å²) >= 11 is 0. The third-order valence-electron chi connectivity index (χ3n) is 7.40. The van der Waals surface area contributed by atoms with Crippen LogP contribution >= 0.6 is 0 Å². The van der Waals surface area contributed by atoms with Gasteiger partial charge in [-0.3, -0.25) is 4.79 Å². The number of rotatable bonds is 3. The fourth-order valence-electron chi connectivity index (χ4n) is 5.62. The first kappa shape index (κ1) is 16.5. The summed E-state index contributed by atoms with van der Waals surface area (Å²) in [6, 6.07) is 2.31. The van der Waals surface area contributed by atoms with Crippen molar-refractivity contribution >= 4 is 11.7 Å². The van der Waals surface area contributed by atoms with Gasteiger partial charge in [0, 0.05) is 43.3 Å². The maximum atomic E-state index is 12.8. The van der Waals surface area contributed by atoms with Gasteiger partial charge in [-0.05, 0) is 50.0 Å². The molecule has 1 unspecified atom stereocenters. The third kappa shape index (κ3) is 2.70. The second kappa shape index (κ2) is 6.19. The number of hydrogen-bond donors (Lipinski definition) is 1. The van der Waals surface area contributed by atoms with Gasteiger partial charge in [0.1, 0.15) is 12.1 Å². The summed E-state index contributed by atoms with van der Waals surface area (Å²) in [6.07, 6.45) is 11.3. The van der Waals surface area contributed by atoms with Crippen molar-refractivity contribution in [2.45, 2.75) is 51.0 Å². The van der Waals surface area contributed by atoms with Crippen LogP contribution in [0, 0.1) is 16.7 Å². The number of carbonyl (C=O) groups excluding carboxylic acids is 1. The van der Waals surface area contributed by atoms with Gasteiger partial charge in [0.15, 0.2) is 0 Å². The van der Waals surface area contributed by atoms with Gasteiger partial charge in [0.05, 0.1) is 6.61 Å². The van der Waals surface area contributed by atoms with Crippen LogP contribution in [0.15, 0.2) is 18.6 Å². The molecule has 2 spiro atoms. The van der Waals surface area contributed by atoms with E-state index in [1.54, 1.807) is 6.33 Å². The summed E-state index contributed by atoms with van der Waals surface area (Å²) in [6.45, 7) is 3.68. The molecular formula is C20H28N4O2. The van der Waals surface area contributed by atoms with Gasteiger partial charge < -0.3 is 15.0 Å². The Balaban J connectivity index is 1.22. The van der Waals surface area contributed by atoms with Crippen molar-refractivity contribution in [1.82, 2.24) is 15.3 Å². The first-order valence-corrected chi connectivity index (χ1v) is 10.1. The zero-order valence-electron chi connectivity index (χ0n) is 15.3. The highest BCUT2D eigenvalue weighted by Gasteiger charge is 2.52. The maximum absolute atomic E-state index is 12.8. The highest BCUT2D eigenvalue weighted by atomic mass is 16.5. The van der Waals surface area contributed by atoms with Gasteiger partial charge in [0.2, 0.25) is 5.91 Å². The quantitative estimate of drug-likeness (QED) is 0.899. The first-order chi connectivity index (χ1) is 12.7. The number of aromatic nitrogens is 2. The average Bonchev–Trinajstić information content (AvgIpc) is 3.10. The predicted molar refractivity (Wildman–Crippen MR) is 97.7 cm³/mol. The van der Waals surface area contributed by atoms with Crippen LogP contribution in [0.25, 0.3) is 0 Å². The van der Waals surface area contributed by atoms with Crippen LogP contribution in [0.5, 0.6) is 0 Å². The molecule has 26 heavy (non-hydrogen) atoms.